The molecule has 160 valence electrons. The third-order valence-electron chi connectivity index (χ3n) is 4.79. The van der Waals surface area contributed by atoms with E-state index >= 15 is 0 Å². The van der Waals surface area contributed by atoms with E-state index in [0.717, 1.165) is 5.01 Å². The number of carbonyl (C=O) groups is 3. The van der Waals surface area contributed by atoms with Gasteiger partial charge in [0.1, 0.15) is 11.5 Å². The molecule has 0 atom stereocenters. The molecule has 2 N–H and O–H groups in total. The summed E-state index contributed by atoms with van der Waals surface area (Å²) in [5.74, 6) is -2.09. The minimum atomic E-state index is -1.12. The lowest BCUT2D eigenvalue weighted by atomic mass is 10.1. The van der Waals surface area contributed by atoms with Crippen molar-refractivity contribution in [1.82, 2.24) is 0 Å². The van der Waals surface area contributed by atoms with Gasteiger partial charge in [-0.2, -0.15) is 10.1 Å². The highest BCUT2D eigenvalue weighted by atomic mass is 35.5. The lowest BCUT2D eigenvalue weighted by molar-refractivity contribution is -0.114. The number of benzene rings is 2. The van der Waals surface area contributed by atoms with Crippen molar-refractivity contribution in [3.63, 3.8) is 0 Å². The molecule has 0 saturated heterocycles. The van der Waals surface area contributed by atoms with Crippen LogP contribution in [0.25, 0.3) is 17.4 Å². The van der Waals surface area contributed by atoms with Gasteiger partial charge in [0, 0.05) is 10.6 Å². The number of hydrogen-bond acceptors (Lipinski definition) is 5. The van der Waals surface area contributed by atoms with Gasteiger partial charge in [-0.1, -0.05) is 17.7 Å². The Kier molecular flexibility index (Phi) is 5.38. The van der Waals surface area contributed by atoms with Crippen LogP contribution >= 0.6 is 11.6 Å². The molecule has 1 amide bonds. The maximum atomic E-state index is 12.9. The van der Waals surface area contributed by atoms with E-state index in [9.17, 15) is 24.6 Å². The van der Waals surface area contributed by atoms with E-state index in [1.165, 1.54) is 42.5 Å². The highest BCUT2D eigenvalue weighted by Gasteiger charge is 2.29. The number of nitrogens with zero attached hydrogens (tertiary/aromatic N) is 2. The second-order valence-electron chi connectivity index (χ2n) is 6.91. The van der Waals surface area contributed by atoms with Gasteiger partial charge in [-0.3, -0.25) is 4.79 Å². The molecule has 0 aliphatic carbocycles. The fraction of sp³-hybridized carbons (Fsp3) is 0.0435. The molecule has 0 fully saturated rings. The van der Waals surface area contributed by atoms with Crippen LogP contribution in [0.3, 0.4) is 0 Å². The Hall–Kier alpha value is -4.17. The second kappa shape index (κ2) is 8.16. The first-order valence-corrected chi connectivity index (χ1v) is 9.70. The predicted molar refractivity (Wildman–Crippen MR) is 118 cm³/mol. The Morgan fingerprint density at radius 1 is 1.06 bits per heavy atom. The molecule has 4 rings (SSSR count). The van der Waals surface area contributed by atoms with Crippen LogP contribution in [0.2, 0.25) is 5.02 Å². The Bertz CT molecular complexity index is 1340. The van der Waals surface area contributed by atoms with Crippen LogP contribution in [0, 0.1) is 0 Å². The first-order valence-electron chi connectivity index (χ1n) is 9.33. The number of carboxylic acids is 2. The van der Waals surface area contributed by atoms with Gasteiger partial charge in [0.05, 0.1) is 28.1 Å². The number of hydrogen-bond donors (Lipinski definition) is 2. The quantitative estimate of drug-likeness (QED) is 0.538. The van der Waals surface area contributed by atoms with Gasteiger partial charge < -0.3 is 14.6 Å². The number of furan rings is 1. The molecule has 1 aliphatic heterocycles. The minimum Gasteiger partial charge on any atom is -0.478 e. The molecule has 0 radical (unpaired) electrons. The van der Waals surface area contributed by atoms with Gasteiger partial charge in [-0.25, -0.2) is 9.59 Å². The Morgan fingerprint density at radius 2 is 1.84 bits per heavy atom. The van der Waals surface area contributed by atoms with Crippen molar-refractivity contribution < 1.29 is 29.0 Å². The van der Waals surface area contributed by atoms with Gasteiger partial charge >= 0.3 is 11.9 Å². The maximum absolute atomic E-state index is 12.9. The summed E-state index contributed by atoms with van der Waals surface area (Å²) in [6.07, 6.45) is 1.50. The highest BCUT2D eigenvalue weighted by Crippen LogP contribution is 2.31. The maximum Gasteiger partial charge on any atom is 0.336 e. The van der Waals surface area contributed by atoms with Crippen LogP contribution < -0.4 is 5.01 Å². The first kappa shape index (κ1) is 21.1. The summed E-state index contributed by atoms with van der Waals surface area (Å²) in [5.41, 5.74) is 1.38. The molecule has 3 aromatic rings. The van der Waals surface area contributed by atoms with Crippen LogP contribution in [0.15, 0.2) is 69.7 Å². The Morgan fingerprint density at radius 3 is 2.56 bits per heavy atom. The number of halogens is 1. The zero-order chi connectivity index (χ0) is 23.0. The van der Waals surface area contributed by atoms with Crippen molar-refractivity contribution in [3.05, 3.63) is 82.1 Å². The third-order valence-corrected chi connectivity index (χ3v) is 5.03. The van der Waals surface area contributed by atoms with Crippen molar-refractivity contribution in [2.45, 2.75) is 6.92 Å². The fourth-order valence-electron chi connectivity index (χ4n) is 3.25. The van der Waals surface area contributed by atoms with Crippen molar-refractivity contribution >= 4 is 46.9 Å². The van der Waals surface area contributed by atoms with Crippen LogP contribution in [-0.4, -0.2) is 33.8 Å². The average Bonchev–Trinajstić information content (AvgIpc) is 3.34. The molecule has 0 saturated carbocycles. The lowest BCUT2D eigenvalue weighted by Crippen LogP contribution is -2.21. The van der Waals surface area contributed by atoms with Crippen LogP contribution in [0.4, 0.5) is 5.69 Å². The standard InChI is InChI=1S/C23H15ClN2O6/c1-12-18(21(27)26(25-12)15-4-2-3-13(9-15)22(28)29)11-16-6-8-20(32-16)19-10-14(24)5-7-17(19)23(30)31/h2-11H,1H3,(H,28,29)(H,30,31)/b18-11-. The van der Waals surface area contributed by atoms with E-state index < -0.39 is 17.8 Å². The SMILES string of the molecule is CC1=NN(c2cccc(C(=O)O)c2)C(=O)/C1=C\c1ccc(-c2cc(Cl)ccc2C(=O)O)o1. The first-order chi connectivity index (χ1) is 15.2. The van der Waals surface area contributed by atoms with Crippen molar-refractivity contribution in [2.75, 3.05) is 5.01 Å². The summed E-state index contributed by atoms with van der Waals surface area (Å²) in [4.78, 5) is 35.7. The topological polar surface area (TPSA) is 120 Å². The molecule has 0 bridgehead atoms. The summed E-state index contributed by atoms with van der Waals surface area (Å²) >= 11 is 6.01. The Labute approximate surface area is 186 Å². The third kappa shape index (κ3) is 3.91. The van der Waals surface area contributed by atoms with Gasteiger partial charge in [0.2, 0.25) is 0 Å². The highest BCUT2D eigenvalue weighted by molar-refractivity contribution is 6.32. The molecule has 0 unspecified atom stereocenters. The molecule has 1 aromatic heterocycles. The van der Waals surface area contributed by atoms with Gasteiger partial charge in [0.25, 0.3) is 5.91 Å². The van der Waals surface area contributed by atoms with E-state index in [1.807, 2.05) is 0 Å². The molecule has 8 nitrogen and oxygen atoms in total. The molecular formula is C23H15ClN2O6. The number of amides is 1. The zero-order valence-electron chi connectivity index (χ0n) is 16.6. The molecule has 2 heterocycles. The number of aromatic carboxylic acids is 2. The van der Waals surface area contributed by atoms with Gasteiger partial charge in [-0.05, 0) is 61.5 Å². The van der Waals surface area contributed by atoms with Crippen molar-refractivity contribution in [1.29, 1.82) is 0 Å². The molecule has 32 heavy (non-hydrogen) atoms. The van der Waals surface area contributed by atoms with Crippen molar-refractivity contribution in [3.8, 4) is 11.3 Å². The predicted octanol–water partition coefficient (Wildman–Crippen LogP) is 4.80. The number of carboxylic acid groups (broad SMARTS) is 2. The van der Waals surface area contributed by atoms with Crippen molar-refractivity contribution in [2.24, 2.45) is 5.10 Å². The van der Waals surface area contributed by atoms with E-state index in [1.54, 1.807) is 25.1 Å². The molecule has 1 aliphatic rings. The van der Waals surface area contributed by atoms with E-state index in [0.29, 0.717) is 27.7 Å². The molecule has 0 spiro atoms. The van der Waals surface area contributed by atoms with Crippen LogP contribution in [0.1, 0.15) is 33.4 Å². The van der Waals surface area contributed by atoms with Crippen LogP contribution in [0.5, 0.6) is 0 Å². The smallest absolute Gasteiger partial charge is 0.336 e. The number of rotatable bonds is 5. The lowest BCUT2D eigenvalue weighted by Gasteiger charge is -2.12. The normalized spacial score (nSPS) is 14.7. The summed E-state index contributed by atoms with van der Waals surface area (Å²) in [6.45, 7) is 1.65. The summed E-state index contributed by atoms with van der Waals surface area (Å²) in [6, 6.07) is 13.4. The van der Waals surface area contributed by atoms with Gasteiger partial charge in [-0.15, -0.1) is 0 Å². The number of hydrazone groups is 1. The average molecular weight is 451 g/mol. The fourth-order valence-corrected chi connectivity index (χ4v) is 3.43. The molecule has 2 aromatic carbocycles. The summed E-state index contributed by atoms with van der Waals surface area (Å²) in [5, 5.41) is 24.3. The largest absolute Gasteiger partial charge is 0.478 e. The number of carbonyl (C=O) groups excluding carboxylic acids is 1. The summed E-state index contributed by atoms with van der Waals surface area (Å²) in [7, 11) is 0. The van der Waals surface area contributed by atoms with Gasteiger partial charge in [0.15, 0.2) is 0 Å². The van der Waals surface area contributed by atoms with E-state index in [2.05, 4.69) is 5.10 Å². The van der Waals surface area contributed by atoms with E-state index in [-0.39, 0.29) is 22.5 Å². The molecule has 9 heteroatoms. The minimum absolute atomic E-state index is 0.0297. The Balaban J connectivity index is 1.66. The van der Waals surface area contributed by atoms with Crippen LogP contribution in [-0.2, 0) is 4.79 Å². The number of anilines is 1. The summed E-state index contributed by atoms with van der Waals surface area (Å²) < 4.78 is 5.76. The second-order valence-corrected chi connectivity index (χ2v) is 7.35. The molecular weight excluding hydrogens is 436 g/mol. The monoisotopic (exact) mass is 450 g/mol. The van der Waals surface area contributed by atoms with E-state index in [4.69, 9.17) is 16.0 Å². The zero-order valence-corrected chi connectivity index (χ0v) is 17.3.